The van der Waals surface area contributed by atoms with Crippen molar-refractivity contribution in [1.82, 2.24) is 4.90 Å². The molecule has 24 heavy (non-hydrogen) atoms. The van der Waals surface area contributed by atoms with E-state index in [1.54, 1.807) is 24.3 Å². The molecule has 1 N–H and O–H groups in total. The third-order valence-corrected chi connectivity index (χ3v) is 3.32. The van der Waals surface area contributed by atoms with E-state index in [2.05, 4.69) is 5.32 Å². The third-order valence-electron chi connectivity index (χ3n) is 3.32. The summed E-state index contributed by atoms with van der Waals surface area (Å²) in [7, 11) is 2.93. The summed E-state index contributed by atoms with van der Waals surface area (Å²) in [5, 5.41) is 2.07. The lowest BCUT2D eigenvalue weighted by Crippen LogP contribution is -2.36. The largest absolute Gasteiger partial charge is 0.496 e. The molecule has 0 heterocycles. The fourth-order valence-electron chi connectivity index (χ4n) is 2.10. The Morgan fingerprint density at radius 2 is 1.88 bits per heavy atom. The van der Waals surface area contributed by atoms with E-state index >= 15 is 0 Å². The Morgan fingerprint density at radius 3 is 2.58 bits per heavy atom. The normalized spacial score (nSPS) is 10.2. The molecule has 5 nitrogen and oxygen atoms in total. The molecule has 0 radical (unpaired) electrons. The molecule has 0 saturated carbocycles. The van der Waals surface area contributed by atoms with Crippen molar-refractivity contribution in [2.45, 2.75) is 6.54 Å². The molecule has 2 aromatic rings. The van der Waals surface area contributed by atoms with Crippen LogP contribution in [-0.2, 0) is 16.1 Å². The number of nitrogens with zero attached hydrogens (tertiary/aromatic N) is 1. The van der Waals surface area contributed by atoms with Gasteiger partial charge in [-0.15, -0.1) is 0 Å². The summed E-state index contributed by atoms with van der Waals surface area (Å²) in [6.45, 7) is 0.127. The molecule has 0 saturated heterocycles. The smallest absolute Gasteiger partial charge is 0.313 e. The van der Waals surface area contributed by atoms with Crippen molar-refractivity contribution in [1.29, 1.82) is 0 Å². The predicted molar refractivity (Wildman–Crippen MR) is 84.5 cm³/mol. The molecule has 0 aliphatic heterocycles. The van der Waals surface area contributed by atoms with Crippen LogP contribution in [0.25, 0.3) is 0 Å². The van der Waals surface area contributed by atoms with Crippen molar-refractivity contribution < 1.29 is 23.1 Å². The maximum Gasteiger partial charge on any atom is 0.313 e. The lowest BCUT2D eigenvalue weighted by Gasteiger charge is -2.18. The molecule has 2 amide bonds. The van der Waals surface area contributed by atoms with Gasteiger partial charge in [-0.25, -0.2) is 8.78 Å². The number of ether oxygens (including phenoxy) is 1. The molecular weight excluding hydrogens is 318 g/mol. The summed E-state index contributed by atoms with van der Waals surface area (Å²) < 4.78 is 31.8. The molecule has 0 fully saturated rings. The van der Waals surface area contributed by atoms with Gasteiger partial charge in [0.2, 0.25) is 0 Å². The van der Waals surface area contributed by atoms with Gasteiger partial charge >= 0.3 is 11.8 Å². The van der Waals surface area contributed by atoms with Crippen LogP contribution in [-0.4, -0.2) is 30.9 Å². The molecule has 2 aromatic carbocycles. The second-order valence-corrected chi connectivity index (χ2v) is 5.05. The molecule has 0 aliphatic carbocycles. The number of carbonyl (C=O) groups is 2. The maximum absolute atomic E-state index is 13.5. The molecule has 0 atom stereocenters. The van der Waals surface area contributed by atoms with Gasteiger partial charge in [-0.2, -0.15) is 0 Å². The highest BCUT2D eigenvalue weighted by Crippen LogP contribution is 2.19. The molecule has 0 unspecified atom stereocenters. The molecule has 0 aliphatic rings. The summed E-state index contributed by atoms with van der Waals surface area (Å²) in [5.41, 5.74) is 0.319. The van der Waals surface area contributed by atoms with E-state index in [1.807, 2.05) is 0 Å². The number of methoxy groups -OCH3 is 1. The minimum Gasteiger partial charge on any atom is -0.496 e. The van der Waals surface area contributed by atoms with E-state index in [4.69, 9.17) is 4.74 Å². The van der Waals surface area contributed by atoms with Crippen molar-refractivity contribution in [2.75, 3.05) is 19.5 Å². The van der Waals surface area contributed by atoms with Crippen LogP contribution in [0.15, 0.2) is 42.5 Å². The fourth-order valence-corrected chi connectivity index (χ4v) is 2.10. The van der Waals surface area contributed by atoms with Crippen molar-refractivity contribution in [3.05, 3.63) is 59.7 Å². The number of amides is 2. The van der Waals surface area contributed by atoms with E-state index < -0.39 is 23.4 Å². The quantitative estimate of drug-likeness (QED) is 0.875. The highest BCUT2D eigenvalue weighted by Gasteiger charge is 2.21. The summed E-state index contributed by atoms with van der Waals surface area (Å²) in [6.07, 6.45) is 0. The minimum absolute atomic E-state index is 0.127. The third kappa shape index (κ3) is 4.07. The van der Waals surface area contributed by atoms with Crippen molar-refractivity contribution in [3.63, 3.8) is 0 Å². The Labute approximate surface area is 137 Å². The van der Waals surface area contributed by atoms with Crippen LogP contribution in [0.2, 0.25) is 0 Å². The van der Waals surface area contributed by atoms with E-state index in [0.717, 1.165) is 23.1 Å². The summed E-state index contributed by atoms with van der Waals surface area (Å²) in [6, 6.07) is 9.64. The monoisotopic (exact) mass is 334 g/mol. The van der Waals surface area contributed by atoms with Gasteiger partial charge in [0, 0.05) is 25.2 Å². The van der Waals surface area contributed by atoms with Gasteiger partial charge in [0.25, 0.3) is 0 Å². The Bertz CT molecular complexity index is 765. The fraction of sp³-hybridized carbons (Fsp3) is 0.176. The first kappa shape index (κ1) is 17.4. The van der Waals surface area contributed by atoms with Crippen LogP contribution < -0.4 is 10.1 Å². The number of nitrogens with one attached hydrogen (secondary N) is 1. The van der Waals surface area contributed by atoms with E-state index in [-0.39, 0.29) is 12.2 Å². The standard InChI is InChI=1S/C17H16F2N2O3/c1-21(10-11-5-3-4-6-15(11)24-2)17(23)16(22)20-14-9-12(18)7-8-13(14)19/h3-9H,10H2,1-2H3,(H,20,22). The number of benzene rings is 2. The zero-order valence-corrected chi connectivity index (χ0v) is 13.2. The van der Waals surface area contributed by atoms with Crippen LogP contribution in [0, 0.1) is 11.6 Å². The first-order valence-corrected chi connectivity index (χ1v) is 7.05. The molecule has 7 heteroatoms. The Kier molecular flexibility index (Phi) is 5.47. The molecule has 126 valence electrons. The number of hydrogen-bond acceptors (Lipinski definition) is 3. The zero-order chi connectivity index (χ0) is 17.7. The van der Waals surface area contributed by atoms with Crippen LogP contribution >= 0.6 is 0 Å². The van der Waals surface area contributed by atoms with Crippen LogP contribution in [0.5, 0.6) is 5.75 Å². The lowest BCUT2D eigenvalue weighted by atomic mass is 10.2. The number of carbonyl (C=O) groups excluding carboxylic acids is 2. The van der Waals surface area contributed by atoms with Gasteiger partial charge in [-0.3, -0.25) is 9.59 Å². The first-order valence-electron chi connectivity index (χ1n) is 7.05. The molecule has 2 rings (SSSR count). The average molecular weight is 334 g/mol. The van der Waals surface area contributed by atoms with Gasteiger partial charge in [-0.05, 0) is 18.2 Å². The molecule has 0 bridgehead atoms. The number of hydrogen-bond donors (Lipinski definition) is 1. The summed E-state index contributed by atoms with van der Waals surface area (Å²) >= 11 is 0. The summed E-state index contributed by atoms with van der Waals surface area (Å²) in [4.78, 5) is 25.2. The number of likely N-dealkylation sites (N-methyl/N-ethyl adjacent to an activating group) is 1. The minimum atomic E-state index is -1.06. The van der Waals surface area contributed by atoms with E-state index in [1.165, 1.54) is 14.2 Å². The maximum atomic E-state index is 13.5. The topological polar surface area (TPSA) is 58.6 Å². The highest BCUT2D eigenvalue weighted by molar-refractivity contribution is 6.39. The number of anilines is 1. The van der Waals surface area contributed by atoms with Crippen LogP contribution in [0.4, 0.5) is 14.5 Å². The Morgan fingerprint density at radius 1 is 1.17 bits per heavy atom. The van der Waals surface area contributed by atoms with Gasteiger partial charge in [0.1, 0.15) is 17.4 Å². The van der Waals surface area contributed by atoms with Crippen molar-refractivity contribution in [3.8, 4) is 5.75 Å². The second kappa shape index (κ2) is 7.54. The van der Waals surface area contributed by atoms with Crippen LogP contribution in [0.1, 0.15) is 5.56 Å². The van der Waals surface area contributed by atoms with E-state index in [0.29, 0.717) is 11.3 Å². The first-order chi connectivity index (χ1) is 11.4. The van der Waals surface area contributed by atoms with Crippen LogP contribution in [0.3, 0.4) is 0 Å². The SMILES string of the molecule is COc1ccccc1CN(C)C(=O)C(=O)Nc1cc(F)ccc1F. The van der Waals surface area contributed by atoms with Gasteiger partial charge in [0.05, 0.1) is 12.8 Å². The van der Waals surface area contributed by atoms with Crippen molar-refractivity contribution >= 4 is 17.5 Å². The molecule has 0 spiro atoms. The Hall–Kier alpha value is -2.96. The number of halogens is 2. The Balaban J connectivity index is 2.07. The summed E-state index contributed by atoms with van der Waals surface area (Å²) in [5.74, 6) is -2.92. The lowest BCUT2D eigenvalue weighted by molar-refractivity contribution is -0.142. The van der Waals surface area contributed by atoms with E-state index in [9.17, 15) is 18.4 Å². The zero-order valence-electron chi connectivity index (χ0n) is 13.2. The average Bonchev–Trinajstić information content (AvgIpc) is 2.57. The molecule has 0 aromatic heterocycles. The second-order valence-electron chi connectivity index (χ2n) is 5.05. The van der Waals surface area contributed by atoms with Gasteiger partial charge < -0.3 is 15.0 Å². The highest BCUT2D eigenvalue weighted by atomic mass is 19.1. The number of para-hydroxylation sites is 1. The number of rotatable bonds is 4. The molecular formula is C17H16F2N2O3. The van der Waals surface area contributed by atoms with Gasteiger partial charge in [-0.1, -0.05) is 18.2 Å². The van der Waals surface area contributed by atoms with Crippen molar-refractivity contribution in [2.24, 2.45) is 0 Å². The predicted octanol–water partition coefficient (Wildman–Crippen LogP) is 2.57. The van der Waals surface area contributed by atoms with Gasteiger partial charge in [0.15, 0.2) is 0 Å².